The Morgan fingerprint density at radius 3 is 2.30 bits per heavy atom. The van der Waals surface area contributed by atoms with E-state index in [1.54, 1.807) is 27.4 Å². The van der Waals surface area contributed by atoms with E-state index in [-0.39, 0.29) is 12.0 Å². The number of benzene rings is 2. The predicted octanol–water partition coefficient (Wildman–Crippen LogP) is 5.85. The van der Waals surface area contributed by atoms with E-state index < -0.39 is 0 Å². The van der Waals surface area contributed by atoms with Gasteiger partial charge in [0.2, 0.25) is 5.75 Å². The average Bonchev–Trinajstić information content (AvgIpc) is 3.16. The molecule has 0 saturated carbocycles. The maximum absolute atomic E-state index is 6.51. The highest BCUT2D eigenvalue weighted by Crippen LogP contribution is 2.53. The molecule has 2 aromatic carbocycles. The van der Waals surface area contributed by atoms with Crippen LogP contribution in [0.15, 0.2) is 36.4 Å². The molecule has 3 atom stereocenters. The molecular weight excluding hydrogens is 385 g/mol. The molecule has 0 unspecified atom stereocenters. The summed E-state index contributed by atoms with van der Waals surface area (Å²) in [4.78, 5) is 0. The first-order chi connectivity index (χ1) is 13.1. The summed E-state index contributed by atoms with van der Waals surface area (Å²) >= 11 is 12.8. The lowest BCUT2D eigenvalue weighted by Gasteiger charge is -2.38. The van der Waals surface area contributed by atoms with Crippen LogP contribution in [0.2, 0.25) is 10.0 Å². The fourth-order valence-electron chi connectivity index (χ4n) is 4.23. The first kappa shape index (κ1) is 18.3. The molecule has 6 heteroatoms. The second-order valence-electron chi connectivity index (χ2n) is 6.79. The predicted molar refractivity (Wildman–Crippen MR) is 109 cm³/mol. The minimum absolute atomic E-state index is 0.0601. The van der Waals surface area contributed by atoms with Crippen LogP contribution in [-0.4, -0.2) is 21.3 Å². The van der Waals surface area contributed by atoms with Crippen LogP contribution in [0.4, 0.5) is 5.69 Å². The van der Waals surface area contributed by atoms with E-state index in [1.807, 2.05) is 18.2 Å². The Morgan fingerprint density at radius 2 is 1.67 bits per heavy atom. The molecule has 0 fully saturated rings. The van der Waals surface area contributed by atoms with E-state index in [2.05, 4.69) is 17.5 Å². The van der Waals surface area contributed by atoms with Gasteiger partial charge in [-0.15, -0.1) is 0 Å². The van der Waals surface area contributed by atoms with Crippen molar-refractivity contribution in [2.75, 3.05) is 26.6 Å². The zero-order valence-corrected chi connectivity index (χ0v) is 16.9. The van der Waals surface area contributed by atoms with Gasteiger partial charge in [-0.1, -0.05) is 35.4 Å². The maximum atomic E-state index is 6.51. The van der Waals surface area contributed by atoms with Crippen LogP contribution in [-0.2, 0) is 0 Å². The number of hydrogen-bond acceptors (Lipinski definition) is 4. The highest BCUT2D eigenvalue weighted by Gasteiger charge is 2.39. The highest BCUT2D eigenvalue weighted by molar-refractivity contribution is 6.36. The first-order valence-electron chi connectivity index (χ1n) is 8.79. The first-order valence-corrected chi connectivity index (χ1v) is 9.55. The molecule has 0 aromatic heterocycles. The van der Waals surface area contributed by atoms with Crippen LogP contribution < -0.4 is 19.5 Å². The average molecular weight is 406 g/mol. The van der Waals surface area contributed by atoms with Crippen molar-refractivity contribution < 1.29 is 14.2 Å². The molecule has 0 radical (unpaired) electrons. The second-order valence-corrected chi connectivity index (χ2v) is 7.63. The summed E-state index contributed by atoms with van der Waals surface area (Å²) in [5.74, 6) is 2.50. The van der Waals surface area contributed by atoms with Gasteiger partial charge in [-0.05, 0) is 47.7 Å². The molecule has 1 aliphatic carbocycles. The van der Waals surface area contributed by atoms with Gasteiger partial charge < -0.3 is 19.5 Å². The van der Waals surface area contributed by atoms with Gasteiger partial charge in [0.15, 0.2) is 11.5 Å². The zero-order valence-electron chi connectivity index (χ0n) is 15.4. The number of methoxy groups -OCH3 is 3. The molecule has 4 nitrogen and oxygen atoms in total. The van der Waals surface area contributed by atoms with Crippen molar-refractivity contribution in [3.63, 3.8) is 0 Å². The minimum atomic E-state index is 0.0601. The fourth-order valence-corrected chi connectivity index (χ4v) is 4.80. The normalized spacial score (nSPS) is 22.6. The number of nitrogens with one attached hydrogen (secondary N) is 1. The minimum Gasteiger partial charge on any atom is -0.493 e. The van der Waals surface area contributed by atoms with Gasteiger partial charge in [-0.3, -0.25) is 0 Å². The third kappa shape index (κ3) is 3.01. The van der Waals surface area contributed by atoms with Gasteiger partial charge in [0.05, 0.1) is 38.1 Å². The Balaban J connectivity index is 1.83. The lowest BCUT2D eigenvalue weighted by Crippen LogP contribution is -2.29. The molecule has 1 aliphatic heterocycles. The summed E-state index contributed by atoms with van der Waals surface area (Å²) in [6.45, 7) is 0. The van der Waals surface area contributed by atoms with Gasteiger partial charge in [0.1, 0.15) is 0 Å². The van der Waals surface area contributed by atoms with Gasteiger partial charge >= 0.3 is 0 Å². The summed E-state index contributed by atoms with van der Waals surface area (Å²) in [7, 11) is 4.86. The van der Waals surface area contributed by atoms with Crippen LogP contribution in [0.1, 0.15) is 29.5 Å². The topological polar surface area (TPSA) is 39.7 Å². The molecule has 0 bridgehead atoms. The molecule has 1 N–H and O–H groups in total. The van der Waals surface area contributed by atoms with E-state index in [0.717, 1.165) is 23.2 Å². The largest absolute Gasteiger partial charge is 0.493 e. The van der Waals surface area contributed by atoms with E-state index >= 15 is 0 Å². The van der Waals surface area contributed by atoms with Crippen LogP contribution in [0.5, 0.6) is 17.2 Å². The Kier molecular flexibility index (Phi) is 4.87. The quantitative estimate of drug-likeness (QED) is 0.647. The molecule has 0 spiro atoms. The number of rotatable bonds is 4. The number of ether oxygens (including phenoxy) is 3. The molecule has 1 heterocycles. The maximum Gasteiger partial charge on any atom is 0.203 e. The third-order valence-corrected chi connectivity index (χ3v) is 5.95. The van der Waals surface area contributed by atoms with Crippen molar-refractivity contribution in [3.05, 3.63) is 57.6 Å². The van der Waals surface area contributed by atoms with Crippen molar-refractivity contribution in [1.82, 2.24) is 0 Å². The molecule has 0 saturated heterocycles. The molecule has 27 heavy (non-hydrogen) atoms. The van der Waals surface area contributed by atoms with Gasteiger partial charge in [-0.2, -0.15) is 0 Å². The molecule has 2 aliphatic rings. The third-order valence-electron chi connectivity index (χ3n) is 5.43. The summed E-state index contributed by atoms with van der Waals surface area (Å²) in [6, 6.07) is 7.85. The number of hydrogen-bond donors (Lipinski definition) is 1. The van der Waals surface area contributed by atoms with Crippen LogP contribution in [0.3, 0.4) is 0 Å². The van der Waals surface area contributed by atoms with Crippen LogP contribution >= 0.6 is 23.2 Å². The second kappa shape index (κ2) is 7.17. The van der Waals surface area contributed by atoms with Crippen LogP contribution in [0, 0.1) is 5.92 Å². The van der Waals surface area contributed by atoms with Crippen LogP contribution in [0.25, 0.3) is 0 Å². The van der Waals surface area contributed by atoms with Gasteiger partial charge in [-0.25, -0.2) is 0 Å². The van der Waals surface area contributed by atoms with Crippen molar-refractivity contribution >= 4 is 28.9 Å². The summed E-state index contributed by atoms with van der Waals surface area (Å²) in [5, 5.41) is 4.93. The van der Waals surface area contributed by atoms with Crippen molar-refractivity contribution in [1.29, 1.82) is 0 Å². The Hall–Kier alpha value is -2.04. The summed E-state index contributed by atoms with van der Waals surface area (Å²) < 4.78 is 16.5. The monoisotopic (exact) mass is 405 g/mol. The van der Waals surface area contributed by atoms with E-state index in [0.29, 0.717) is 33.2 Å². The zero-order chi connectivity index (χ0) is 19.1. The van der Waals surface area contributed by atoms with Crippen molar-refractivity contribution in [3.8, 4) is 17.2 Å². The van der Waals surface area contributed by atoms with Crippen molar-refractivity contribution in [2.24, 2.45) is 5.92 Å². The molecule has 4 rings (SSSR count). The molecular formula is C21H21Cl2NO3. The Bertz CT molecular complexity index is 888. The summed E-state index contributed by atoms with van der Waals surface area (Å²) in [6.07, 6.45) is 5.45. The van der Waals surface area contributed by atoms with Crippen molar-refractivity contribution in [2.45, 2.75) is 18.4 Å². The summed E-state index contributed by atoms with van der Waals surface area (Å²) in [5.41, 5.74) is 3.16. The number of allylic oxidation sites excluding steroid dienone is 2. The van der Waals surface area contributed by atoms with Gasteiger partial charge in [0.25, 0.3) is 0 Å². The van der Waals surface area contributed by atoms with E-state index in [1.165, 1.54) is 0 Å². The molecule has 142 valence electrons. The lowest BCUT2D eigenvalue weighted by molar-refractivity contribution is 0.322. The van der Waals surface area contributed by atoms with Gasteiger partial charge in [0, 0.05) is 10.9 Å². The Labute approximate surface area is 169 Å². The molecule has 0 amide bonds. The highest BCUT2D eigenvalue weighted by atomic mass is 35.5. The smallest absolute Gasteiger partial charge is 0.203 e. The SMILES string of the molecule is COc1cc([C@H]2Nc3c(Cl)cc(Cl)cc3[C@@H]3C=CC[C@H]23)cc(OC)c1OC. The van der Waals surface area contributed by atoms with E-state index in [4.69, 9.17) is 37.4 Å². The standard InChI is InChI=1S/C21H21Cl2NO3/c1-25-17-7-11(8-18(26-2)21(17)27-3)19-14-6-4-5-13(14)15-9-12(22)10-16(23)20(15)24-19/h4-5,7-10,13-14,19,24H,6H2,1-3H3/t13-,14+,19-/m1/s1. The Morgan fingerprint density at radius 1 is 0.963 bits per heavy atom. The van der Waals surface area contributed by atoms with E-state index in [9.17, 15) is 0 Å². The number of halogens is 2. The lowest BCUT2D eigenvalue weighted by atomic mass is 9.77. The number of anilines is 1. The fraction of sp³-hybridized carbons (Fsp3) is 0.333. The molecule has 2 aromatic rings. The number of fused-ring (bicyclic) bond motifs is 3.